The van der Waals surface area contributed by atoms with Crippen molar-refractivity contribution in [2.45, 2.75) is 6.92 Å². The summed E-state index contributed by atoms with van der Waals surface area (Å²) in [5.74, 6) is -0.600. The van der Waals surface area contributed by atoms with Gasteiger partial charge in [-0.05, 0) is 42.5 Å². The number of carbonyl (C=O) groups excluding carboxylic acids is 2. The molecule has 3 aromatic carbocycles. The molecule has 0 aromatic heterocycles. The van der Waals surface area contributed by atoms with Crippen LogP contribution in [0.3, 0.4) is 0 Å². The zero-order valence-electron chi connectivity index (χ0n) is 15.8. The second kappa shape index (κ2) is 9.39. The lowest BCUT2D eigenvalue weighted by Gasteiger charge is -2.09. The molecule has 4 N–H and O–H groups in total. The van der Waals surface area contributed by atoms with Gasteiger partial charge >= 0.3 is 0 Å². The van der Waals surface area contributed by atoms with Crippen LogP contribution in [0.4, 0.5) is 28.4 Å². The van der Waals surface area contributed by atoms with Crippen molar-refractivity contribution in [1.82, 2.24) is 0 Å². The van der Waals surface area contributed by atoms with E-state index in [1.54, 1.807) is 42.5 Å². The maximum Gasteiger partial charge on any atom is 0.255 e. The monoisotopic (exact) mass is 441 g/mol. The molecule has 7 nitrogen and oxygen atoms in total. The van der Waals surface area contributed by atoms with Crippen molar-refractivity contribution in [2.75, 3.05) is 16.4 Å². The molecule has 3 aromatic rings. The minimum absolute atomic E-state index is 0.224. The summed E-state index contributed by atoms with van der Waals surface area (Å²) in [5, 5.41) is 14.1. The maximum atomic E-state index is 12.5. The van der Waals surface area contributed by atoms with E-state index >= 15 is 0 Å². The third kappa shape index (κ3) is 5.34. The van der Waals surface area contributed by atoms with E-state index in [0.717, 1.165) is 0 Å². The van der Waals surface area contributed by atoms with Crippen molar-refractivity contribution >= 4 is 63.5 Å². The lowest BCUT2D eigenvalue weighted by Crippen LogP contribution is -2.11. The fourth-order valence-electron chi connectivity index (χ4n) is 2.55. The van der Waals surface area contributed by atoms with E-state index < -0.39 is 0 Å². The number of hydrogen-bond donors (Lipinski definition) is 3. The first-order chi connectivity index (χ1) is 14.3. The smallest absolute Gasteiger partial charge is 0.255 e. The van der Waals surface area contributed by atoms with Crippen LogP contribution in [0.15, 0.2) is 70.9 Å². The van der Waals surface area contributed by atoms with Gasteiger partial charge < -0.3 is 16.4 Å². The summed E-state index contributed by atoms with van der Waals surface area (Å²) in [7, 11) is 0. The van der Waals surface area contributed by atoms with E-state index in [2.05, 4.69) is 20.9 Å². The molecule has 0 bridgehead atoms. The molecule has 9 heteroatoms. The van der Waals surface area contributed by atoms with E-state index in [9.17, 15) is 9.59 Å². The molecule has 30 heavy (non-hydrogen) atoms. The number of carbonyl (C=O) groups is 2. The molecule has 0 aliphatic heterocycles. The van der Waals surface area contributed by atoms with E-state index in [0.29, 0.717) is 34.0 Å². The largest absolute Gasteiger partial charge is 0.399 e. The molecule has 152 valence electrons. The number of nitrogens with two attached hydrogens (primary N) is 1. The molecular formula is C21H17Cl2N5O2. The minimum atomic E-state index is -0.302. The summed E-state index contributed by atoms with van der Waals surface area (Å²) in [6, 6.07) is 16.7. The highest BCUT2D eigenvalue weighted by Gasteiger charge is 2.11. The van der Waals surface area contributed by atoms with Crippen LogP contribution in [-0.2, 0) is 4.79 Å². The van der Waals surface area contributed by atoms with Gasteiger partial charge in [-0.25, -0.2) is 0 Å². The molecule has 0 atom stereocenters. The number of benzene rings is 3. The van der Waals surface area contributed by atoms with E-state index in [-0.39, 0.29) is 21.9 Å². The lowest BCUT2D eigenvalue weighted by molar-refractivity contribution is -0.114. The van der Waals surface area contributed by atoms with Crippen LogP contribution in [0.5, 0.6) is 0 Å². The zero-order valence-corrected chi connectivity index (χ0v) is 17.3. The summed E-state index contributed by atoms with van der Waals surface area (Å²) in [5.41, 5.74) is 8.28. The Bertz CT molecular complexity index is 1110. The number of nitrogens with zero attached hydrogens (tertiary/aromatic N) is 2. The Morgan fingerprint density at radius 1 is 0.900 bits per heavy atom. The van der Waals surface area contributed by atoms with Gasteiger partial charge in [-0.2, -0.15) is 5.11 Å². The van der Waals surface area contributed by atoms with Crippen LogP contribution in [0.25, 0.3) is 0 Å². The highest BCUT2D eigenvalue weighted by atomic mass is 35.5. The molecule has 0 aliphatic rings. The maximum absolute atomic E-state index is 12.5. The molecule has 0 aliphatic carbocycles. The number of nitrogens with one attached hydrogen (secondary N) is 2. The number of hydrogen-bond acceptors (Lipinski definition) is 5. The van der Waals surface area contributed by atoms with Gasteiger partial charge in [0.2, 0.25) is 5.91 Å². The summed E-state index contributed by atoms with van der Waals surface area (Å²) in [4.78, 5) is 23.7. The van der Waals surface area contributed by atoms with Crippen LogP contribution >= 0.6 is 23.2 Å². The Labute approximate surface area is 182 Å². The van der Waals surface area contributed by atoms with Crippen LogP contribution < -0.4 is 16.4 Å². The highest BCUT2D eigenvalue weighted by molar-refractivity contribution is 6.40. The highest BCUT2D eigenvalue weighted by Crippen LogP contribution is 2.36. The number of amides is 2. The minimum Gasteiger partial charge on any atom is -0.399 e. The van der Waals surface area contributed by atoms with Crippen molar-refractivity contribution in [1.29, 1.82) is 0 Å². The third-order valence-electron chi connectivity index (χ3n) is 3.91. The predicted octanol–water partition coefficient (Wildman–Crippen LogP) is 6.20. The molecule has 0 spiro atoms. The first-order valence-electron chi connectivity index (χ1n) is 8.78. The zero-order chi connectivity index (χ0) is 21.7. The van der Waals surface area contributed by atoms with Crippen molar-refractivity contribution in [3.8, 4) is 0 Å². The molecule has 0 saturated heterocycles. The van der Waals surface area contributed by atoms with Gasteiger partial charge in [0.15, 0.2) is 0 Å². The van der Waals surface area contributed by atoms with Crippen LogP contribution in [-0.4, -0.2) is 11.8 Å². The van der Waals surface area contributed by atoms with Crippen molar-refractivity contribution in [3.05, 3.63) is 76.3 Å². The number of rotatable bonds is 5. The van der Waals surface area contributed by atoms with Gasteiger partial charge in [-0.3, -0.25) is 9.59 Å². The van der Waals surface area contributed by atoms with Crippen molar-refractivity contribution in [3.63, 3.8) is 0 Å². The number of azo groups is 1. The van der Waals surface area contributed by atoms with Gasteiger partial charge in [0, 0.05) is 18.2 Å². The van der Waals surface area contributed by atoms with Gasteiger partial charge in [-0.1, -0.05) is 41.4 Å². The SMILES string of the molecule is CC(=O)Nc1c(Cl)cc(/N=N/c2ccc(N)cc2NC(=O)c2ccccc2)cc1Cl. The van der Waals surface area contributed by atoms with Crippen LogP contribution in [0, 0.1) is 0 Å². The normalized spacial score (nSPS) is 10.8. The van der Waals surface area contributed by atoms with Gasteiger partial charge in [0.25, 0.3) is 5.91 Å². The predicted molar refractivity (Wildman–Crippen MR) is 120 cm³/mol. The second-order valence-corrected chi connectivity index (χ2v) is 7.08. The standard InChI is InChI=1S/C21H17Cl2N5O2/c1-12(29)25-20-16(22)10-15(11-17(20)23)27-28-18-8-7-14(24)9-19(18)26-21(30)13-5-3-2-4-6-13/h2-11H,24H2,1H3,(H,25,29)(H,26,30)/b28-27+. The Morgan fingerprint density at radius 2 is 1.57 bits per heavy atom. The van der Waals surface area contributed by atoms with E-state index in [1.165, 1.54) is 19.1 Å². The molecule has 0 radical (unpaired) electrons. The van der Waals surface area contributed by atoms with Gasteiger partial charge in [0.1, 0.15) is 5.69 Å². The van der Waals surface area contributed by atoms with Crippen molar-refractivity contribution < 1.29 is 9.59 Å². The van der Waals surface area contributed by atoms with Gasteiger partial charge in [0.05, 0.1) is 27.1 Å². The lowest BCUT2D eigenvalue weighted by atomic mass is 10.2. The molecule has 3 rings (SSSR count). The number of anilines is 3. The van der Waals surface area contributed by atoms with E-state index in [4.69, 9.17) is 28.9 Å². The van der Waals surface area contributed by atoms with Crippen LogP contribution in [0.1, 0.15) is 17.3 Å². The molecule has 2 amide bonds. The topological polar surface area (TPSA) is 109 Å². The Kier molecular flexibility index (Phi) is 6.66. The Balaban J connectivity index is 1.87. The Hall–Kier alpha value is -3.42. The summed E-state index contributed by atoms with van der Waals surface area (Å²) >= 11 is 12.3. The molecule has 0 heterocycles. The summed E-state index contributed by atoms with van der Waals surface area (Å²) in [6.45, 7) is 1.35. The molecule has 0 unspecified atom stereocenters. The van der Waals surface area contributed by atoms with Gasteiger partial charge in [-0.15, -0.1) is 5.11 Å². The third-order valence-corrected chi connectivity index (χ3v) is 4.50. The molecular weight excluding hydrogens is 425 g/mol. The first kappa shape index (κ1) is 21.3. The summed E-state index contributed by atoms with van der Waals surface area (Å²) in [6.07, 6.45) is 0. The van der Waals surface area contributed by atoms with Crippen LogP contribution in [0.2, 0.25) is 10.0 Å². The fourth-order valence-corrected chi connectivity index (χ4v) is 3.12. The second-order valence-electron chi connectivity index (χ2n) is 6.26. The first-order valence-corrected chi connectivity index (χ1v) is 9.53. The molecule has 0 fully saturated rings. The average Bonchev–Trinajstić information content (AvgIpc) is 2.70. The summed E-state index contributed by atoms with van der Waals surface area (Å²) < 4.78 is 0. The average molecular weight is 442 g/mol. The number of halogens is 2. The van der Waals surface area contributed by atoms with E-state index in [1.807, 2.05) is 6.07 Å². The number of nitrogen functional groups attached to an aromatic ring is 1. The van der Waals surface area contributed by atoms with Crippen molar-refractivity contribution in [2.24, 2.45) is 10.2 Å². The quantitative estimate of drug-likeness (QED) is 0.323. The Morgan fingerprint density at radius 3 is 2.20 bits per heavy atom. The molecule has 0 saturated carbocycles. The fraction of sp³-hybridized carbons (Fsp3) is 0.0476.